The highest BCUT2D eigenvalue weighted by Gasteiger charge is 2.31. The van der Waals surface area contributed by atoms with Crippen LogP contribution < -0.4 is 5.84 Å². The van der Waals surface area contributed by atoms with Crippen LogP contribution in [0.2, 0.25) is 10.0 Å². The summed E-state index contributed by atoms with van der Waals surface area (Å²) in [7, 11) is 0. The highest BCUT2D eigenvalue weighted by atomic mass is 35.5. The highest BCUT2D eigenvalue weighted by Crippen LogP contribution is 2.31. The summed E-state index contributed by atoms with van der Waals surface area (Å²) in [4.78, 5) is 26.5. The van der Waals surface area contributed by atoms with Gasteiger partial charge in [-0.3, -0.25) is 9.59 Å². The Morgan fingerprint density at radius 1 is 1.30 bits per heavy atom. The molecule has 11 heteroatoms. The van der Waals surface area contributed by atoms with E-state index in [4.69, 9.17) is 33.8 Å². The zero-order valence-electron chi connectivity index (χ0n) is 16.7. The summed E-state index contributed by atoms with van der Waals surface area (Å²) in [5.41, 5.74) is 0.600. The van der Waals surface area contributed by atoms with Crippen LogP contribution in [0.25, 0.3) is 11.4 Å². The molecule has 2 aromatic rings. The van der Waals surface area contributed by atoms with Gasteiger partial charge in [0, 0.05) is 23.7 Å². The largest absolute Gasteiger partial charge is 0.466 e. The van der Waals surface area contributed by atoms with E-state index in [0.717, 1.165) is 0 Å². The van der Waals surface area contributed by atoms with Crippen molar-refractivity contribution in [2.75, 3.05) is 25.5 Å². The number of benzene rings is 1. The first-order valence-electron chi connectivity index (χ1n) is 9.59. The summed E-state index contributed by atoms with van der Waals surface area (Å²) >= 11 is 13.4. The van der Waals surface area contributed by atoms with Gasteiger partial charge in [-0.15, -0.1) is 10.2 Å². The Hall–Kier alpha value is -1.97. The van der Waals surface area contributed by atoms with Gasteiger partial charge in [0.25, 0.3) is 0 Å². The van der Waals surface area contributed by atoms with Crippen LogP contribution in [0.4, 0.5) is 0 Å². The minimum Gasteiger partial charge on any atom is -0.466 e. The SMILES string of the molecule is CCOC(=O)C1CCN(C(=O)C(C)Sc2nnc(-c3ccc(Cl)cc3Cl)n2N)CC1. The zero-order chi connectivity index (χ0) is 21.8. The van der Waals surface area contributed by atoms with Crippen molar-refractivity contribution in [2.24, 2.45) is 5.92 Å². The predicted octanol–water partition coefficient (Wildman–Crippen LogP) is 3.25. The molecule has 1 aromatic heterocycles. The van der Waals surface area contributed by atoms with Gasteiger partial charge in [-0.25, -0.2) is 4.68 Å². The number of amides is 1. The molecule has 1 aliphatic heterocycles. The number of thioether (sulfide) groups is 1. The summed E-state index contributed by atoms with van der Waals surface area (Å²) in [6.07, 6.45) is 1.21. The Morgan fingerprint density at radius 3 is 2.63 bits per heavy atom. The van der Waals surface area contributed by atoms with Gasteiger partial charge in [-0.05, 0) is 44.9 Å². The van der Waals surface area contributed by atoms with Gasteiger partial charge in [0.15, 0.2) is 5.82 Å². The molecule has 2 N–H and O–H groups in total. The lowest BCUT2D eigenvalue weighted by molar-refractivity contribution is -0.151. The van der Waals surface area contributed by atoms with E-state index in [1.807, 2.05) is 0 Å². The molecule has 1 atom stereocenters. The fraction of sp³-hybridized carbons (Fsp3) is 0.474. The van der Waals surface area contributed by atoms with Gasteiger partial charge in [0.1, 0.15) is 0 Å². The molecule has 1 fully saturated rings. The van der Waals surface area contributed by atoms with Crippen LogP contribution >= 0.6 is 35.0 Å². The van der Waals surface area contributed by atoms with Crippen molar-refractivity contribution in [1.29, 1.82) is 0 Å². The molecule has 30 heavy (non-hydrogen) atoms. The fourth-order valence-corrected chi connectivity index (χ4v) is 4.62. The van der Waals surface area contributed by atoms with Crippen LogP contribution in [0.3, 0.4) is 0 Å². The molecule has 0 spiro atoms. The van der Waals surface area contributed by atoms with Gasteiger partial charge >= 0.3 is 5.97 Å². The first-order valence-corrected chi connectivity index (χ1v) is 11.2. The van der Waals surface area contributed by atoms with E-state index in [2.05, 4.69) is 10.2 Å². The van der Waals surface area contributed by atoms with Crippen LogP contribution in [0, 0.1) is 5.92 Å². The molecule has 1 saturated heterocycles. The normalized spacial score (nSPS) is 15.8. The molecule has 1 aliphatic rings. The average Bonchev–Trinajstić information content (AvgIpc) is 3.08. The molecular weight excluding hydrogens is 449 g/mol. The Labute approximate surface area is 189 Å². The highest BCUT2D eigenvalue weighted by molar-refractivity contribution is 8.00. The molecule has 1 amide bonds. The van der Waals surface area contributed by atoms with E-state index < -0.39 is 5.25 Å². The van der Waals surface area contributed by atoms with Crippen molar-refractivity contribution in [3.63, 3.8) is 0 Å². The third kappa shape index (κ3) is 5.01. The number of rotatable bonds is 6. The van der Waals surface area contributed by atoms with Gasteiger partial charge in [-0.1, -0.05) is 35.0 Å². The van der Waals surface area contributed by atoms with Crippen molar-refractivity contribution < 1.29 is 14.3 Å². The second kappa shape index (κ2) is 9.89. The first kappa shape index (κ1) is 22.7. The van der Waals surface area contributed by atoms with E-state index in [1.54, 1.807) is 36.9 Å². The predicted molar refractivity (Wildman–Crippen MR) is 117 cm³/mol. The number of aromatic nitrogens is 3. The summed E-state index contributed by atoms with van der Waals surface area (Å²) in [6, 6.07) is 5.01. The number of esters is 1. The maximum absolute atomic E-state index is 12.8. The molecule has 0 bridgehead atoms. The van der Waals surface area contributed by atoms with Gasteiger partial charge in [0.2, 0.25) is 11.1 Å². The fourth-order valence-electron chi connectivity index (χ4n) is 3.27. The summed E-state index contributed by atoms with van der Waals surface area (Å²) < 4.78 is 6.39. The van der Waals surface area contributed by atoms with Gasteiger partial charge in [-0.2, -0.15) is 0 Å². The Kier molecular flexibility index (Phi) is 7.49. The molecular formula is C19H23Cl2N5O3S. The lowest BCUT2D eigenvalue weighted by atomic mass is 9.97. The number of nitrogens with two attached hydrogens (primary N) is 1. The van der Waals surface area contributed by atoms with E-state index in [1.165, 1.54) is 16.4 Å². The van der Waals surface area contributed by atoms with Crippen LogP contribution in [-0.2, 0) is 14.3 Å². The van der Waals surface area contributed by atoms with E-state index in [0.29, 0.717) is 59.1 Å². The molecule has 0 saturated carbocycles. The zero-order valence-corrected chi connectivity index (χ0v) is 19.0. The maximum atomic E-state index is 12.8. The summed E-state index contributed by atoms with van der Waals surface area (Å²) in [5, 5.41) is 9.12. The van der Waals surface area contributed by atoms with Crippen molar-refractivity contribution >= 4 is 46.8 Å². The number of carbonyl (C=O) groups excluding carboxylic acids is 2. The minimum absolute atomic E-state index is 0.0311. The van der Waals surface area contributed by atoms with E-state index >= 15 is 0 Å². The second-order valence-electron chi connectivity index (χ2n) is 6.91. The van der Waals surface area contributed by atoms with Gasteiger partial charge < -0.3 is 15.5 Å². The lowest BCUT2D eigenvalue weighted by Crippen LogP contribution is -2.43. The third-order valence-corrected chi connectivity index (χ3v) is 6.49. The Bertz CT molecular complexity index is 931. The number of hydrogen-bond donors (Lipinski definition) is 1. The van der Waals surface area contributed by atoms with Crippen molar-refractivity contribution in [3.8, 4) is 11.4 Å². The van der Waals surface area contributed by atoms with Crippen LogP contribution in [0.15, 0.2) is 23.4 Å². The number of hydrogen-bond acceptors (Lipinski definition) is 7. The molecule has 8 nitrogen and oxygen atoms in total. The standard InChI is InChI=1S/C19H23Cl2N5O3S/c1-3-29-18(28)12-6-8-25(9-7-12)17(27)11(2)30-19-24-23-16(26(19)22)14-5-4-13(20)10-15(14)21/h4-5,10-12H,3,6-9,22H2,1-2H3. The number of ether oxygens (including phenoxy) is 1. The van der Waals surface area contributed by atoms with Gasteiger partial charge in [0.05, 0.1) is 22.8 Å². The average molecular weight is 472 g/mol. The Morgan fingerprint density at radius 2 is 2.00 bits per heavy atom. The van der Waals surface area contributed by atoms with Crippen LogP contribution in [0.1, 0.15) is 26.7 Å². The van der Waals surface area contributed by atoms with Crippen molar-refractivity contribution in [1.82, 2.24) is 19.8 Å². The smallest absolute Gasteiger partial charge is 0.309 e. The summed E-state index contributed by atoms with van der Waals surface area (Å²) in [5.74, 6) is 6.18. The third-order valence-electron chi connectivity index (χ3n) is 4.89. The second-order valence-corrected chi connectivity index (χ2v) is 9.06. The number of piperidine rings is 1. The maximum Gasteiger partial charge on any atom is 0.309 e. The number of carbonyl (C=O) groups is 2. The number of likely N-dealkylation sites (tertiary alicyclic amines) is 1. The Balaban J connectivity index is 1.62. The van der Waals surface area contributed by atoms with Crippen molar-refractivity contribution in [2.45, 2.75) is 37.1 Å². The molecule has 0 aliphatic carbocycles. The minimum atomic E-state index is -0.413. The van der Waals surface area contributed by atoms with E-state index in [-0.39, 0.29) is 17.8 Å². The molecule has 1 aromatic carbocycles. The molecule has 0 radical (unpaired) electrons. The first-order chi connectivity index (χ1) is 14.3. The monoisotopic (exact) mass is 471 g/mol. The molecule has 3 rings (SSSR count). The number of nitrogen functional groups attached to an aromatic ring is 1. The van der Waals surface area contributed by atoms with Crippen LogP contribution in [-0.4, -0.2) is 56.6 Å². The molecule has 2 heterocycles. The molecule has 1 unspecified atom stereocenters. The topological polar surface area (TPSA) is 103 Å². The number of halogens is 2. The number of nitrogens with zero attached hydrogens (tertiary/aromatic N) is 4. The molecule has 162 valence electrons. The lowest BCUT2D eigenvalue weighted by Gasteiger charge is -2.32. The quantitative estimate of drug-likeness (QED) is 0.391. The van der Waals surface area contributed by atoms with Crippen molar-refractivity contribution in [3.05, 3.63) is 28.2 Å². The summed E-state index contributed by atoms with van der Waals surface area (Å²) in [6.45, 7) is 5.00. The van der Waals surface area contributed by atoms with E-state index in [9.17, 15) is 9.59 Å². The van der Waals surface area contributed by atoms with Crippen LogP contribution in [0.5, 0.6) is 0 Å².